The summed E-state index contributed by atoms with van der Waals surface area (Å²) in [6.45, 7) is 10.1. The summed E-state index contributed by atoms with van der Waals surface area (Å²) in [6.07, 6.45) is 6.96. The van der Waals surface area contributed by atoms with Gasteiger partial charge in [0.2, 0.25) is 11.8 Å². The van der Waals surface area contributed by atoms with Crippen molar-refractivity contribution in [2.45, 2.75) is 47.3 Å². The zero-order chi connectivity index (χ0) is 28.6. The first-order chi connectivity index (χ1) is 19.1. The molecule has 0 atom stereocenters. The van der Waals surface area contributed by atoms with E-state index in [0.717, 1.165) is 22.4 Å². The maximum atomic E-state index is 13.3. The van der Waals surface area contributed by atoms with E-state index in [0.29, 0.717) is 49.4 Å². The van der Waals surface area contributed by atoms with Crippen LogP contribution in [0.25, 0.3) is 11.0 Å². The van der Waals surface area contributed by atoms with Crippen LogP contribution in [-0.4, -0.2) is 46.4 Å². The van der Waals surface area contributed by atoms with Crippen molar-refractivity contribution >= 4 is 34.2 Å². The van der Waals surface area contributed by atoms with Crippen molar-refractivity contribution < 1.29 is 14.0 Å². The number of nitrogens with zero attached hydrogens (tertiary/aromatic N) is 5. The van der Waals surface area contributed by atoms with E-state index < -0.39 is 5.41 Å². The number of aromatic nitrogens is 2. The Hall–Kier alpha value is -4.24. The number of carbonyl (C=O) groups is 2. The summed E-state index contributed by atoms with van der Waals surface area (Å²) in [5, 5.41) is 0.563. The summed E-state index contributed by atoms with van der Waals surface area (Å²) in [5.41, 5.74) is 4.03. The Bertz CT molecular complexity index is 1640. The van der Waals surface area contributed by atoms with Gasteiger partial charge in [-0.2, -0.15) is 0 Å². The number of hydrogen-bond acceptors (Lipinski definition) is 6. The van der Waals surface area contributed by atoms with Gasteiger partial charge in [0.25, 0.3) is 5.56 Å². The lowest BCUT2D eigenvalue weighted by molar-refractivity contribution is -0.137. The van der Waals surface area contributed by atoms with Crippen molar-refractivity contribution in [2.75, 3.05) is 29.9 Å². The van der Waals surface area contributed by atoms with E-state index in [1.807, 2.05) is 43.5 Å². The predicted molar refractivity (Wildman–Crippen MR) is 155 cm³/mol. The van der Waals surface area contributed by atoms with Crippen molar-refractivity contribution in [3.8, 4) is 0 Å². The molecule has 4 aromatic rings. The number of amides is 2. The number of pyridine rings is 2. The molecule has 0 saturated carbocycles. The Balaban J connectivity index is 1.46. The molecule has 40 heavy (non-hydrogen) atoms. The molecule has 9 nitrogen and oxygen atoms in total. The molecule has 208 valence electrons. The largest absolute Gasteiger partial charge is 0.464 e. The number of rotatable bonds is 8. The van der Waals surface area contributed by atoms with Gasteiger partial charge in [-0.15, -0.1) is 0 Å². The second-order valence-electron chi connectivity index (χ2n) is 10.9. The fourth-order valence-corrected chi connectivity index (χ4v) is 5.35. The molecule has 0 saturated heterocycles. The molecule has 1 aliphatic heterocycles. The topological polar surface area (TPSA) is 91.9 Å². The van der Waals surface area contributed by atoms with Gasteiger partial charge in [0.05, 0.1) is 23.0 Å². The maximum Gasteiger partial charge on any atom is 0.261 e. The first-order valence-electron chi connectivity index (χ1n) is 13.5. The summed E-state index contributed by atoms with van der Waals surface area (Å²) in [4.78, 5) is 49.4. The smallest absolute Gasteiger partial charge is 0.261 e. The quantitative estimate of drug-likeness (QED) is 0.308. The molecular weight excluding hydrogens is 506 g/mol. The minimum absolute atomic E-state index is 0.0825. The fraction of sp³-hybridized carbons (Fsp3) is 0.355. The minimum atomic E-state index is -1.16. The molecule has 0 unspecified atom stereocenters. The van der Waals surface area contributed by atoms with Crippen LogP contribution < -0.4 is 15.4 Å². The van der Waals surface area contributed by atoms with Crippen LogP contribution in [-0.2, 0) is 29.2 Å². The van der Waals surface area contributed by atoms with Gasteiger partial charge in [0.1, 0.15) is 11.0 Å². The van der Waals surface area contributed by atoms with Gasteiger partial charge in [-0.05, 0) is 74.7 Å². The van der Waals surface area contributed by atoms with Crippen molar-refractivity contribution in [1.82, 2.24) is 14.5 Å². The van der Waals surface area contributed by atoms with Crippen LogP contribution in [0.2, 0.25) is 0 Å². The number of furan rings is 1. The number of anilines is 2. The standard InChI is InChI=1S/C31H35N5O4/c1-6-36-25-8-7-22(17-26(25)33(5)29(38)31(3,4)30(36)39)19-34(20-23-18-32-12-9-21(23)2)14-15-35-13-10-27-24(28(35)37)11-16-40-27/h7-13,16-18H,6,14-15,19-20H2,1-5H3. The van der Waals surface area contributed by atoms with E-state index in [2.05, 4.69) is 16.8 Å². The summed E-state index contributed by atoms with van der Waals surface area (Å²) >= 11 is 0. The fourth-order valence-electron chi connectivity index (χ4n) is 5.35. The Morgan fingerprint density at radius 2 is 1.80 bits per heavy atom. The van der Waals surface area contributed by atoms with Crippen molar-refractivity contribution in [3.63, 3.8) is 0 Å². The van der Waals surface area contributed by atoms with Crippen LogP contribution in [0.5, 0.6) is 0 Å². The van der Waals surface area contributed by atoms with E-state index in [4.69, 9.17) is 4.42 Å². The van der Waals surface area contributed by atoms with Crippen molar-refractivity contribution in [1.29, 1.82) is 0 Å². The molecule has 9 heteroatoms. The Labute approximate surface area is 233 Å². The van der Waals surface area contributed by atoms with Crippen LogP contribution >= 0.6 is 0 Å². The lowest BCUT2D eigenvalue weighted by Crippen LogP contribution is -2.47. The van der Waals surface area contributed by atoms with E-state index in [-0.39, 0.29) is 17.4 Å². The van der Waals surface area contributed by atoms with Gasteiger partial charge >= 0.3 is 0 Å². The number of benzene rings is 1. The molecular formula is C31H35N5O4. The number of hydrogen-bond donors (Lipinski definition) is 0. The number of carbonyl (C=O) groups excluding carboxylic acids is 2. The van der Waals surface area contributed by atoms with E-state index in [1.54, 1.807) is 53.7 Å². The highest BCUT2D eigenvalue weighted by Crippen LogP contribution is 2.39. The highest BCUT2D eigenvalue weighted by atomic mass is 16.3. The number of aryl methyl sites for hydroxylation is 1. The highest BCUT2D eigenvalue weighted by Gasteiger charge is 2.45. The van der Waals surface area contributed by atoms with Crippen molar-refractivity contribution in [3.05, 3.63) is 88.3 Å². The summed E-state index contributed by atoms with van der Waals surface area (Å²) in [6, 6.07) is 11.4. The third kappa shape index (κ3) is 4.93. The lowest BCUT2D eigenvalue weighted by atomic mass is 9.90. The third-order valence-corrected chi connectivity index (χ3v) is 7.82. The van der Waals surface area contributed by atoms with Crippen LogP contribution in [0, 0.1) is 12.3 Å². The Kier molecular flexibility index (Phi) is 7.33. The number of fused-ring (bicyclic) bond motifs is 2. The molecule has 1 aliphatic rings. The van der Waals surface area contributed by atoms with Gasteiger partial charge < -0.3 is 18.8 Å². The SMILES string of the molecule is CCN1C(=O)C(C)(C)C(=O)N(C)c2cc(CN(CCn3ccc4occc4c3=O)Cc3cnccc3C)ccc21. The van der Waals surface area contributed by atoms with Gasteiger partial charge in [-0.1, -0.05) is 6.07 Å². The average Bonchev–Trinajstić information content (AvgIpc) is 3.42. The zero-order valence-electron chi connectivity index (χ0n) is 23.7. The Morgan fingerprint density at radius 1 is 1.00 bits per heavy atom. The average molecular weight is 542 g/mol. The van der Waals surface area contributed by atoms with Gasteiger partial charge in [-0.3, -0.25) is 24.3 Å². The third-order valence-electron chi connectivity index (χ3n) is 7.82. The molecule has 0 aliphatic carbocycles. The minimum Gasteiger partial charge on any atom is -0.464 e. The van der Waals surface area contributed by atoms with Crippen molar-refractivity contribution in [2.24, 2.45) is 5.41 Å². The van der Waals surface area contributed by atoms with E-state index in [9.17, 15) is 14.4 Å². The van der Waals surface area contributed by atoms with Gasteiger partial charge in [0.15, 0.2) is 0 Å². The molecule has 0 bridgehead atoms. The highest BCUT2D eigenvalue weighted by molar-refractivity contribution is 6.19. The second kappa shape index (κ2) is 10.7. The van der Waals surface area contributed by atoms with E-state index in [1.165, 1.54) is 6.26 Å². The van der Waals surface area contributed by atoms with E-state index >= 15 is 0 Å². The normalized spacial score (nSPS) is 15.2. The lowest BCUT2D eigenvalue weighted by Gasteiger charge is -2.27. The first-order valence-corrected chi connectivity index (χ1v) is 13.5. The zero-order valence-corrected chi connectivity index (χ0v) is 23.7. The second-order valence-corrected chi connectivity index (χ2v) is 10.9. The predicted octanol–water partition coefficient (Wildman–Crippen LogP) is 4.36. The first kappa shape index (κ1) is 27.3. The molecule has 1 aromatic carbocycles. The molecule has 0 fully saturated rings. The summed E-state index contributed by atoms with van der Waals surface area (Å²) in [7, 11) is 1.73. The van der Waals surface area contributed by atoms with Crippen LogP contribution in [0.4, 0.5) is 11.4 Å². The molecule has 0 N–H and O–H groups in total. The molecule has 0 radical (unpaired) electrons. The molecule has 0 spiro atoms. The monoisotopic (exact) mass is 541 g/mol. The molecule has 5 rings (SSSR count). The maximum absolute atomic E-state index is 13.3. The molecule has 4 heterocycles. The van der Waals surface area contributed by atoms with Crippen LogP contribution in [0.1, 0.15) is 37.5 Å². The van der Waals surface area contributed by atoms with Gasteiger partial charge in [-0.25, -0.2) is 0 Å². The Morgan fingerprint density at radius 3 is 2.55 bits per heavy atom. The molecule has 3 aromatic heterocycles. The molecule has 2 amide bonds. The summed E-state index contributed by atoms with van der Waals surface area (Å²) in [5.74, 6) is -0.434. The van der Waals surface area contributed by atoms with Crippen LogP contribution in [0.3, 0.4) is 0 Å². The van der Waals surface area contributed by atoms with Gasteiger partial charge in [0, 0.05) is 58.4 Å². The summed E-state index contributed by atoms with van der Waals surface area (Å²) < 4.78 is 7.08. The van der Waals surface area contributed by atoms with Crippen LogP contribution in [0.15, 0.2) is 70.5 Å².